The highest BCUT2D eigenvalue weighted by atomic mass is 32.2. The second-order valence-corrected chi connectivity index (χ2v) is 6.37. The summed E-state index contributed by atoms with van der Waals surface area (Å²) in [6.07, 6.45) is -4.52. The highest BCUT2D eigenvalue weighted by Gasteiger charge is 2.35. The van der Waals surface area contributed by atoms with E-state index in [-0.39, 0.29) is 11.3 Å². The van der Waals surface area contributed by atoms with Crippen molar-refractivity contribution >= 4 is 11.0 Å². The zero-order chi connectivity index (χ0) is 17.6. The molecule has 0 heterocycles. The number of alkyl halides is 4. The van der Waals surface area contributed by atoms with E-state index in [2.05, 4.69) is 4.72 Å². The summed E-state index contributed by atoms with van der Waals surface area (Å²) in [6.45, 7) is 8.07. The molecule has 0 saturated carbocycles. The van der Waals surface area contributed by atoms with Gasteiger partial charge in [-0.2, -0.15) is 13.2 Å². The molecule has 2 nitrogen and oxygen atoms in total. The molecule has 1 aromatic carbocycles. The van der Waals surface area contributed by atoms with Crippen LogP contribution >= 0.6 is 0 Å². The zero-order valence-corrected chi connectivity index (χ0v) is 14.3. The minimum Gasteiger partial charge on any atom is -0.251 e. The summed E-state index contributed by atoms with van der Waals surface area (Å²) in [5.74, 6) is 0. The summed E-state index contributed by atoms with van der Waals surface area (Å²) in [4.78, 5) is -0.338. The number of benzene rings is 1. The minimum absolute atomic E-state index is 0.0615. The molecule has 0 amide bonds. The van der Waals surface area contributed by atoms with Crippen molar-refractivity contribution in [2.45, 2.75) is 57.7 Å². The van der Waals surface area contributed by atoms with Crippen LogP contribution in [-0.4, -0.2) is 16.4 Å². The van der Waals surface area contributed by atoms with Crippen LogP contribution in [0.1, 0.15) is 45.2 Å². The van der Waals surface area contributed by atoms with E-state index in [4.69, 9.17) is 0 Å². The van der Waals surface area contributed by atoms with E-state index in [0.29, 0.717) is 5.56 Å². The average molecular weight is 341 g/mol. The minimum atomic E-state index is -4.58. The van der Waals surface area contributed by atoms with Gasteiger partial charge in [-0.1, -0.05) is 25.5 Å². The summed E-state index contributed by atoms with van der Waals surface area (Å²) >= 11 is 0. The number of hydrogen-bond acceptors (Lipinski definition) is 1. The first-order chi connectivity index (χ1) is 10.1. The maximum absolute atomic E-state index is 12.9. The standard InChI is InChI=1S/C13H17F4NOS.C2H6/c1-9-4-5-11(10(8-9)13(15,16)17)20(19)18-12(2,3)6-7-14;1-2/h4-5,8,18H,6-7H2,1-3H3;1-2H3. The van der Waals surface area contributed by atoms with E-state index in [1.807, 2.05) is 13.8 Å². The van der Waals surface area contributed by atoms with Crippen LogP contribution in [0.2, 0.25) is 0 Å². The maximum atomic E-state index is 12.9. The highest BCUT2D eigenvalue weighted by Crippen LogP contribution is 2.34. The van der Waals surface area contributed by atoms with Gasteiger partial charge in [-0.05, 0) is 39.3 Å². The van der Waals surface area contributed by atoms with Crippen molar-refractivity contribution in [1.29, 1.82) is 0 Å². The van der Waals surface area contributed by atoms with Crippen LogP contribution in [0.4, 0.5) is 17.6 Å². The third-order valence-corrected chi connectivity index (χ3v) is 4.22. The zero-order valence-electron chi connectivity index (χ0n) is 13.5. The van der Waals surface area contributed by atoms with Gasteiger partial charge in [0.05, 0.1) is 17.1 Å². The van der Waals surface area contributed by atoms with Crippen molar-refractivity contribution in [3.8, 4) is 0 Å². The van der Waals surface area contributed by atoms with Crippen LogP contribution in [-0.2, 0) is 17.2 Å². The van der Waals surface area contributed by atoms with Crippen LogP contribution in [0, 0.1) is 6.92 Å². The van der Waals surface area contributed by atoms with Gasteiger partial charge in [-0.3, -0.25) is 4.39 Å². The molecule has 0 fully saturated rings. The Kier molecular flexibility index (Phi) is 8.25. The summed E-state index contributed by atoms with van der Waals surface area (Å²) < 4.78 is 65.8. The lowest BCUT2D eigenvalue weighted by molar-refractivity contribution is -0.139. The average Bonchev–Trinajstić information content (AvgIpc) is 2.39. The van der Waals surface area contributed by atoms with Crippen molar-refractivity contribution < 1.29 is 21.8 Å². The van der Waals surface area contributed by atoms with E-state index in [1.54, 1.807) is 13.8 Å². The van der Waals surface area contributed by atoms with Crippen molar-refractivity contribution in [2.24, 2.45) is 0 Å². The molecule has 0 aliphatic heterocycles. The highest BCUT2D eigenvalue weighted by molar-refractivity contribution is 7.83. The Balaban J connectivity index is 0.00000211. The Morgan fingerprint density at radius 1 is 1.18 bits per heavy atom. The van der Waals surface area contributed by atoms with E-state index < -0.39 is 34.9 Å². The molecule has 1 aromatic rings. The first-order valence-corrected chi connectivity index (χ1v) is 8.15. The normalized spacial score (nSPS) is 13.3. The van der Waals surface area contributed by atoms with E-state index in [9.17, 15) is 21.8 Å². The van der Waals surface area contributed by atoms with Gasteiger partial charge >= 0.3 is 6.18 Å². The Morgan fingerprint density at radius 2 is 1.73 bits per heavy atom. The molecular weight excluding hydrogens is 318 g/mol. The molecule has 0 aliphatic carbocycles. The second-order valence-electron chi connectivity index (χ2n) is 5.19. The van der Waals surface area contributed by atoms with Crippen molar-refractivity contribution in [1.82, 2.24) is 4.72 Å². The van der Waals surface area contributed by atoms with Crippen LogP contribution < -0.4 is 4.72 Å². The molecule has 0 spiro atoms. The largest absolute Gasteiger partial charge is 0.417 e. The first-order valence-electron chi connectivity index (χ1n) is 7.00. The van der Waals surface area contributed by atoms with E-state index in [1.165, 1.54) is 19.1 Å². The van der Waals surface area contributed by atoms with E-state index >= 15 is 0 Å². The fourth-order valence-electron chi connectivity index (χ4n) is 1.62. The fourth-order valence-corrected chi connectivity index (χ4v) is 2.90. The Bertz CT molecular complexity index is 501. The van der Waals surface area contributed by atoms with Crippen LogP contribution in [0.3, 0.4) is 0 Å². The SMILES string of the molecule is CC.Cc1ccc(S(=O)NC(C)(C)CCF)c(C(F)(F)F)c1. The molecule has 0 aromatic heterocycles. The molecule has 0 radical (unpaired) electrons. The molecule has 0 aliphatic rings. The number of hydrogen-bond donors (Lipinski definition) is 1. The quantitative estimate of drug-likeness (QED) is 0.767. The second kappa shape index (κ2) is 8.62. The van der Waals surface area contributed by atoms with Crippen LogP contribution in [0.25, 0.3) is 0 Å². The number of halogens is 4. The number of aryl methyl sites for hydroxylation is 1. The van der Waals surface area contributed by atoms with Gasteiger partial charge < -0.3 is 0 Å². The van der Waals surface area contributed by atoms with Crippen molar-refractivity contribution in [3.05, 3.63) is 29.3 Å². The predicted octanol–water partition coefficient (Wildman–Crippen LogP) is 4.79. The first kappa shape index (κ1) is 21.0. The molecule has 1 rings (SSSR count). The molecule has 1 atom stereocenters. The van der Waals surface area contributed by atoms with Crippen molar-refractivity contribution in [3.63, 3.8) is 0 Å². The monoisotopic (exact) mass is 341 g/mol. The summed E-state index contributed by atoms with van der Waals surface area (Å²) in [5, 5.41) is 0. The predicted molar refractivity (Wildman–Crippen MR) is 81.7 cm³/mol. The molecule has 0 bridgehead atoms. The van der Waals surface area contributed by atoms with Crippen molar-refractivity contribution in [2.75, 3.05) is 6.67 Å². The van der Waals surface area contributed by atoms with Gasteiger partial charge in [0.1, 0.15) is 11.0 Å². The third-order valence-electron chi connectivity index (χ3n) is 2.73. The Hall–Kier alpha value is -0.950. The number of nitrogens with one attached hydrogen (secondary N) is 1. The smallest absolute Gasteiger partial charge is 0.251 e. The topological polar surface area (TPSA) is 29.1 Å². The van der Waals surface area contributed by atoms with E-state index in [0.717, 1.165) is 6.07 Å². The van der Waals surface area contributed by atoms with Gasteiger partial charge in [-0.15, -0.1) is 0 Å². The lowest BCUT2D eigenvalue weighted by atomic mass is 10.0. The maximum Gasteiger partial charge on any atom is 0.417 e. The van der Waals surface area contributed by atoms with Gasteiger partial charge in [0.15, 0.2) is 0 Å². The van der Waals surface area contributed by atoms with Gasteiger partial charge in [-0.25, -0.2) is 8.93 Å². The lowest BCUT2D eigenvalue weighted by Crippen LogP contribution is -2.41. The summed E-state index contributed by atoms with van der Waals surface area (Å²) in [5.41, 5.74) is -1.35. The van der Waals surface area contributed by atoms with Crippen LogP contribution in [0.5, 0.6) is 0 Å². The molecule has 22 heavy (non-hydrogen) atoms. The summed E-state index contributed by atoms with van der Waals surface area (Å²) in [6, 6.07) is 3.61. The van der Waals surface area contributed by atoms with Gasteiger partial charge in [0.2, 0.25) is 0 Å². The van der Waals surface area contributed by atoms with Crippen LogP contribution in [0.15, 0.2) is 23.1 Å². The molecule has 1 unspecified atom stereocenters. The van der Waals surface area contributed by atoms with Gasteiger partial charge in [0, 0.05) is 5.54 Å². The third kappa shape index (κ3) is 6.44. The summed E-state index contributed by atoms with van der Waals surface area (Å²) in [7, 11) is -2.06. The fraction of sp³-hybridized carbons (Fsp3) is 0.600. The molecule has 1 N–H and O–H groups in total. The molecule has 128 valence electrons. The Labute approximate surface area is 131 Å². The number of rotatable bonds is 5. The molecule has 0 saturated heterocycles. The Morgan fingerprint density at radius 3 is 2.18 bits per heavy atom. The molecule has 7 heteroatoms. The lowest BCUT2D eigenvalue weighted by Gasteiger charge is -2.25. The van der Waals surface area contributed by atoms with Gasteiger partial charge in [0.25, 0.3) is 0 Å². The molecular formula is C15H23F4NOS.